The molecule has 1 atom stereocenters. The van der Waals surface area contributed by atoms with E-state index in [1.54, 1.807) is 0 Å². The highest BCUT2D eigenvalue weighted by atomic mass is 35.5. The summed E-state index contributed by atoms with van der Waals surface area (Å²) in [5.74, 6) is 1.34. The van der Waals surface area contributed by atoms with Crippen molar-refractivity contribution in [1.29, 1.82) is 0 Å². The van der Waals surface area contributed by atoms with Gasteiger partial charge in [-0.2, -0.15) is 5.10 Å². The Bertz CT molecular complexity index is 664. The second kappa shape index (κ2) is 5.67. The summed E-state index contributed by atoms with van der Waals surface area (Å²) in [4.78, 5) is 16.1. The fourth-order valence-corrected chi connectivity index (χ4v) is 3.26. The molecule has 0 radical (unpaired) electrons. The van der Waals surface area contributed by atoms with Crippen molar-refractivity contribution in [3.8, 4) is 0 Å². The highest BCUT2D eigenvalue weighted by Gasteiger charge is 2.26. The van der Waals surface area contributed by atoms with Gasteiger partial charge in [0.25, 0.3) is 0 Å². The third-order valence-electron chi connectivity index (χ3n) is 4.02. The molecule has 114 valence electrons. The van der Waals surface area contributed by atoms with Crippen molar-refractivity contribution in [2.24, 2.45) is 7.05 Å². The molecule has 0 aromatic carbocycles. The van der Waals surface area contributed by atoms with Crippen LogP contribution in [0.4, 0.5) is 0 Å². The zero-order chi connectivity index (χ0) is 15.0. The van der Waals surface area contributed by atoms with E-state index in [1.165, 1.54) is 0 Å². The van der Waals surface area contributed by atoms with Crippen LogP contribution in [0.15, 0.2) is 0 Å². The number of halogens is 1. The molecule has 0 spiro atoms. The molecule has 1 saturated heterocycles. The summed E-state index contributed by atoms with van der Waals surface area (Å²) >= 11 is 6.09. The van der Waals surface area contributed by atoms with Crippen LogP contribution in [0.2, 0.25) is 0 Å². The minimum atomic E-state index is 0.117. The normalized spacial score (nSPS) is 19.2. The third kappa shape index (κ3) is 2.41. The monoisotopic (exact) mass is 309 g/mol. The van der Waals surface area contributed by atoms with E-state index >= 15 is 0 Å². The molecule has 0 bridgehead atoms. The van der Waals surface area contributed by atoms with E-state index in [-0.39, 0.29) is 11.9 Å². The number of fused-ring (bicyclic) bond motifs is 1. The van der Waals surface area contributed by atoms with E-state index < -0.39 is 0 Å². The molecular weight excluding hydrogens is 290 g/mol. The lowest BCUT2D eigenvalue weighted by atomic mass is 10.1. The summed E-state index contributed by atoms with van der Waals surface area (Å²) in [7, 11) is 1.94. The van der Waals surface area contributed by atoms with Gasteiger partial charge in [-0.05, 0) is 12.8 Å². The summed E-state index contributed by atoms with van der Waals surface area (Å²) < 4.78 is 4.05. The van der Waals surface area contributed by atoms with Gasteiger partial charge < -0.3 is 9.88 Å². The highest BCUT2D eigenvalue weighted by Crippen LogP contribution is 2.28. The Morgan fingerprint density at radius 1 is 1.48 bits per heavy atom. The van der Waals surface area contributed by atoms with Gasteiger partial charge in [0.2, 0.25) is 5.91 Å². The van der Waals surface area contributed by atoms with Crippen molar-refractivity contribution in [1.82, 2.24) is 24.6 Å². The number of carbonyl (C=O) groups excluding carboxylic acids is 1. The quantitative estimate of drug-likeness (QED) is 0.878. The largest absolute Gasteiger partial charge is 0.354 e. The number of carbonyl (C=O) groups is 1. The summed E-state index contributed by atoms with van der Waals surface area (Å²) in [5.41, 5.74) is 2.99. The number of nitrogens with one attached hydrogen (secondary N) is 1. The number of aromatic nitrogens is 4. The van der Waals surface area contributed by atoms with Crippen molar-refractivity contribution in [3.05, 3.63) is 11.5 Å². The van der Waals surface area contributed by atoms with Gasteiger partial charge in [-0.25, -0.2) is 4.98 Å². The zero-order valence-corrected chi connectivity index (χ0v) is 13.2. The number of amides is 1. The number of nitrogens with zero attached hydrogens (tertiary/aromatic N) is 4. The van der Waals surface area contributed by atoms with Crippen molar-refractivity contribution >= 4 is 28.7 Å². The number of hydrogen-bond donors (Lipinski definition) is 1. The van der Waals surface area contributed by atoms with Gasteiger partial charge in [-0.1, -0.05) is 13.3 Å². The predicted octanol–water partition coefficient (Wildman–Crippen LogP) is 1.91. The molecule has 0 aliphatic carbocycles. The lowest BCUT2D eigenvalue weighted by molar-refractivity contribution is -0.122. The third-order valence-corrected chi connectivity index (χ3v) is 4.26. The average Bonchev–Trinajstić information content (AvgIpc) is 2.99. The Kier molecular flexibility index (Phi) is 3.89. The van der Waals surface area contributed by atoms with Gasteiger partial charge in [0.15, 0.2) is 5.65 Å². The van der Waals surface area contributed by atoms with E-state index in [4.69, 9.17) is 16.6 Å². The molecule has 1 N–H and O–H groups in total. The standard InChI is InChI=1S/C14H20ClN5O/c1-3-4-10-13-14(19(2)18-10)20(11(7-15)17-13)9-5-6-12(21)16-8-9/h9H,3-8H2,1-2H3,(H,16,21). The minimum Gasteiger partial charge on any atom is -0.354 e. The molecular formula is C14H20ClN5O. The minimum absolute atomic E-state index is 0.117. The maximum atomic E-state index is 11.4. The van der Waals surface area contributed by atoms with E-state index in [1.807, 2.05) is 11.7 Å². The molecule has 3 rings (SSSR count). The van der Waals surface area contributed by atoms with Crippen LogP contribution in [0.1, 0.15) is 43.7 Å². The number of piperidine rings is 1. The Labute approximate surface area is 128 Å². The smallest absolute Gasteiger partial charge is 0.220 e. The van der Waals surface area contributed by atoms with Crippen LogP contribution in [0.3, 0.4) is 0 Å². The summed E-state index contributed by atoms with van der Waals surface area (Å²) in [6, 6.07) is 0.200. The topological polar surface area (TPSA) is 64.7 Å². The fourth-order valence-electron chi connectivity index (χ4n) is 3.07. The van der Waals surface area contributed by atoms with Gasteiger partial charge in [-0.3, -0.25) is 9.48 Å². The maximum Gasteiger partial charge on any atom is 0.220 e. The molecule has 0 saturated carbocycles. The maximum absolute atomic E-state index is 11.4. The van der Waals surface area contributed by atoms with Crippen LogP contribution in [-0.4, -0.2) is 31.8 Å². The zero-order valence-electron chi connectivity index (χ0n) is 12.4. The Morgan fingerprint density at radius 3 is 2.90 bits per heavy atom. The van der Waals surface area contributed by atoms with E-state index in [0.29, 0.717) is 18.8 Å². The summed E-state index contributed by atoms with van der Waals surface area (Å²) in [5, 5.41) is 7.52. The van der Waals surface area contributed by atoms with E-state index in [9.17, 15) is 4.79 Å². The van der Waals surface area contributed by atoms with Crippen molar-refractivity contribution in [2.75, 3.05) is 6.54 Å². The second-order valence-corrected chi connectivity index (χ2v) is 5.79. The van der Waals surface area contributed by atoms with Crippen molar-refractivity contribution < 1.29 is 4.79 Å². The number of imidazole rings is 1. The van der Waals surface area contributed by atoms with Gasteiger partial charge in [0.1, 0.15) is 11.3 Å². The first-order chi connectivity index (χ1) is 10.2. The van der Waals surface area contributed by atoms with E-state index in [2.05, 4.69) is 21.9 Å². The summed E-state index contributed by atoms with van der Waals surface area (Å²) in [6.45, 7) is 2.76. The first-order valence-electron chi connectivity index (χ1n) is 7.41. The molecule has 6 nitrogen and oxygen atoms in total. The molecule has 2 aromatic heterocycles. The summed E-state index contributed by atoms with van der Waals surface area (Å²) in [6.07, 6.45) is 3.31. The Balaban J connectivity index is 2.09. The number of rotatable bonds is 4. The molecule has 2 aromatic rings. The van der Waals surface area contributed by atoms with Crippen molar-refractivity contribution in [3.63, 3.8) is 0 Å². The first kappa shape index (κ1) is 14.4. The van der Waals surface area contributed by atoms with Crippen LogP contribution in [0.5, 0.6) is 0 Å². The first-order valence-corrected chi connectivity index (χ1v) is 7.94. The molecule has 3 heterocycles. The molecule has 1 aliphatic heterocycles. The number of aryl methyl sites for hydroxylation is 2. The van der Waals surface area contributed by atoms with Crippen LogP contribution in [-0.2, 0) is 24.1 Å². The molecule has 1 fully saturated rings. The van der Waals surface area contributed by atoms with Crippen LogP contribution >= 0.6 is 11.6 Å². The van der Waals surface area contributed by atoms with Gasteiger partial charge >= 0.3 is 0 Å². The molecule has 1 unspecified atom stereocenters. The average molecular weight is 310 g/mol. The molecule has 7 heteroatoms. The molecule has 21 heavy (non-hydrogen) atoms. The highest BCUT2D eigenvalue weighted by molar-refractivity contribution is 6.16. The lowest BCUT2D eigenvalue weighted by Crippen LogP contribution is -2.36. The molecule has 1 aliphatic rings. The SMILES string of the molecule is CCCc1nn(C)c2c1nc(CCl)n2C1CCC(=O)NC1. The van der Waals surface area contributed by atoms with Gasteiger partial charge in [0, 0.05) is 20.0 Å². The lowest BCUT2D eigenvalue weighted by Gasteiger charge is -2.25. The van der Waals surface area contributed by atoms with Gasteiger partial charge in [0.05, 0.1) is 17.6 Å². The van der Waals surface area contributed by atoms with Crippen LogP contribution in [0, 0.1) is 0 Å². The van der Waals surface area contributed by atoms with Gasteiger partial charge in [-0.15, -0.1) is 11.6 Å². The number of hydrogen-bond acceptors (Lipinski definition) is 3. The van der Waals surface area contributed by atoms with Crippen molar-refractivity contribution in [2.45, 2.75) is 44.5 Å². The Morgan fingerprint density at radius 2 is 2.29 bits per heavy atom. The van der Waals surface area contributed by atoms with Crippen LogP contribution < -0.4 is 5.32 Å². The number of alkyl halides is 1. The second-order valence-electron chi connectivity index (χ2n) is 5.52. The fraction of sp³-hybridized carbons (Fsp3) is 0.643. The Hall–Kier alpha value is -1.56. The van der Waals surface area contributed by atoms with E-state index in [0.717, 1.165) is 41.9 Å². The molecule has 1 amide bonds. The predicted molar refractivity (Wildman–Crippen MR) is 81.3 cm³/mol. The van der Waals surface area contributed by atoms with Crippen LogP contribution in [0.25, 0.3) is 11.2 Å².